The molecular weight excluding hydrogens is 270 g/mol. The van der Waals surface area contributed by atoms with E-state index < -0.39 is 16.9 Å². The Bertz CT molecular complexity index is 390. The van der Waals surface area contributed by atoms with Gasteiger partial charge in [0, 0.05) is 19.1 Å². The van der Waals surface area contributed by atoms with E-state index in [-0.39, 0.29) is 6.03 Å². The van der Waals surface area contributed by atoms with Gasteiger partial charge in [-0.05, 0) is 47.1 Å². The summed E-state index contributed by atoms with van der Waals surface area (Å²) in [5, 5.41) is 14.8. The molecule has 1 aliphatic carbocycles. The van der Waals surface area contributed by atoms with Gasteiger partial charge < -0.3 is 15.7 Å². The molecule has 1 rings (SSSR count). The van der Waals surface area contributed by atoms with E-state index in [0.717, 1.165) is 13.1 Å². The molecule has 3 N–H and O–H groups in total. The average molecular weight is 299 g/mol. The number of likely N-dealkylation sites (N-methyl/N-ethyl adjacent to an activating group) is 1. The van der Waals surface area contributed by atoms with E-state index in [0.29, 0.717) is 12.6 Å². The fourth-order valence-corrected chi connectivity index (χ4v) is 2.10. The van der Waals surface area contributed by atoms with E-state index in [1.54, 1.807) is 27.7 Å². The summed E-state index contributed by atoms with van der Waals surface area (Å²) >= 11 is 0. The van der Waals surface area contributed by atoms with Crippen molar-refractivity contribution < 1.29 is 14.7 Å². The number of rotatable bonds is 8. The van der Waals surface area contributed by atoms with Gasteiger partial charge in [-0.3, -0.25) is 9.69 Å². The van der Waals surface area contributed by atoms with Gasteiger partial charge in [-0.25, -0.2) is 4.79 Å². The van der Waals surface area contributed by atoms with Crippen molar-refractivity contribution in [2.45, 2.75) is 59.0 Å². The number of aliphatic carboxylic acids is 1. The molecule has 0 bridgehead atoms. The Morgan fingerprint density at radius 3 is 2.24 bits per heavy atom. The van der Waals surface area contributed by atoms with Crippen molar-refractivity contribution >= 4 is 12.0 Å². The highest BCUT2D eigenvalue weighted by molar-refractivity contribution is 5.79. The van der Waals surface area contributed by atoms with Crippen molar-refractivity contribution in [3.8, 4) is 0 Å². The summed E-state index contributed by atoms with van der Waals surface area (Å²) in [5.74, 6) is -0.932. The van der Waals surface area contributed by atoms with Gasteiger partial charge in [0.25, 0.3) is 0 Å². The molecule has 6 heteroatoms. The zero-order chi connectivity index (χ0) is 16.3. The number of hydrogen-bond donors (Lipinski definition) is 3. The molecule has 0 spiro atoms. The third-order valence-electron chi connectivity index (χ3n) is 4.68. The molecule has 1 aliphatic rings. The number of urea groups is 1. The van der Waals surface area contributed by atoms with Crippen LogP contribution in [0.15, 0.2) is 0 Å². The summed E-state index contributed by atoms with van der Waals surface area (Å²) in [6, 6.07) is 0.364. The van der Waals surface area contributed by atoms with Gasteiger partial charge in [-0.2, -0.15) is 0 Å². The molecule has 2 amide bonds. The van der Waals surface area contributed by atoms with Gasteiger partial charge >= 0.3 is 12.0 Å². The average Bonchev–Trinajstić information content (AvgIpc) is 3.17. The van der Waals surface area contributed by atoms with Crippen molar-refractivity contribution in [3.05, 3.63) is 0 Å². The third-order valence-corrected chi connectivity index (χ3v) is 4.68. The summed E-state index contributed by atoms with van der Waals surface area (Å²) in [6.45, 7) is 11.2. The molecule has 122 valence electrons. The lowest BCUT2D eigenvalue weighted by Crippen LogP contribution is -2.59. The van der Waals surface area contributed by atoms with Crippen molar-refractivity contribution in [2.75, 3.05) is 19.6 Å². The Balaban J connectivity index is 2.40. The molecule has 0 saturated heterocycles. The predicted octanol–water partition coefficient (Wildman–Crippen LogP) is 1.66. The molecule has 1 fully saturated rings. The lowest BCUT2D eigenvalue weighted by atomic mass is 9.74. The number of carbonyl (C=O) groups excluding carboxylic acids is 1. The quantitative estimate of drug-likeness (QED) is 0.636. The SMILES string of the molecule is CCN(CCNC(=O)NC(C)(C)C(C)(C)C(=O)O)C1CC1. The van der Waals surface area contributed by atoms with Crippen LogP contribution in [0.1, 0.15) is 47.5 Å². The highest BCUT2D eigenvalue weighted by Gasteiger charge is 2.44. The second kappa shape index (κ2) is 6.64. The van der Waals surface area contributed by atoms with Crippen LogP contribution < -0.4 is 10.6 Å². The van der Waals surface area contributed by atoms with Gasteiger partial charge in [-0.1, -0.05) is 6.92 Å². The van der Waals surface area contributed by atoms with E-state index in [4.69, 9.17) is 0 Å². The van der Waals surface area contributed by atoms with E-state index >= 15 is 0 Å². The Hall–Kier alpha value is -1.30. The summed E-state index contributed by atoms with van der Waals surface area (Å²) in [6.07, 6.45) is 2.50. The van der Waals surface area contributed by atoms with E-state index in [1.807, 2.05) is 0 Å². The van der Waals surface area contributed by atoms with Crippen LogP contribution in [0.4, 0.5) is 4.79 Å². The number of amides is 2. The molecule has 0 aliphatic heterocycles. The fraction of sp³-hybridized carbons (Fsp3) is 0.867. The number of nitrogens with one attached hydrogen (secondary N) is 2. The number of carboxylic acid groups (broad SMARTS) is 1. The lowest BCUT2D eigenvalue weighted by Gasteiger charge is -2.38. The molecule has 0 aromatic carbocycles. The van der Waals surface area contributed by atoms with Crippen LogP contribution in [-0.4, -0.2) is 53.2 Å². The zero-order valence-corrected chi connectivity index (χ0v) is 13.8. The van der Waals surface area contributed by atoms with Crippen LogP contribution in [0.25, 0.3) is 0 Å². The first-order valence-corrected chi connectivity index (χ1v) is 7.65. The number of carbonyl (C=O) groups is 2. The fourth-order valence-electron chi connectivity index (χ4n) is 2.10. The van der Waals surface area contributed by atoms with Gasteiger partial charge in [0.15, 0.2) is 0 Å². The second-order valence-corrected chi connectivity index (χ2v) is 6.80. The van der Waals surface area contributed by atoms with E-state index in [2.05, 4.69) is 22.5 Å². The van der Waals surface area contributed by atoms with Crippen LogP contribution in [0.5, 0.6) is 0 Å². The lowest BCUT2D eigenvalue weighted by molar-refractivity contribution is -0.150. The Labute approximate surface area is 127 Å². The Morgan fingerprint density at radius 1 is 1.24 bits per heavy atom. The normalized spacial score (nSPS) is 15.9. The van der Waals surface area contributed by atoms with Gasteiger partial charge in [0.1, 0.15) is 0 Å². The summed E-state index contributed by atoms with van der Waals surface area (Å²) in [5.41, 5.74) is -1.89. The minimum absolute atomic E-state index is 0.318. The van der Waals surface area contributed by atoms with Gasteiger partial charge in [0.2, 0.25) is 0 Å². The zero-order valence-electron chi connectivity index (χ0n) is 13.8. The topological polar surface area (TPSA) is 81.7 Å². The molecule has 0 aromatic heterocycles. The number of hydrogen-bond acceptors (Lipinski definition) is 3. The van der Waals surface area contributed by atoms with Gasteiger partial charge in [0.05, 0.1) is 11.0 Å². The van der Waals surface area contributed by atoms with Crippen molar-refractivity contribution in [3.63, 3.8) is 0 Å². The van der Waals surface area contributed by atoms with Crippen LogP contribution in [0.2, 0.25) is 0 Å². The van der Waals surface area contributed by atoms with Crippen LogP contribution in [0.3, 0.4) is 0 Å². The van der Waals surface area contributed by atoms with Crippen molar-refractivity contribution in [1.29, 1.82) is 0 Å². The molecule has 0 heterocycles. The molecule has 0 aromatic rings. The molecule has 1 saturated carbocycles. The largest absolute Gasteiger partial charge is 0.481 e. The summed E-state index contributed by atoms with van der Waals surface area (Å²) in [4.78, 5) is 25.6. The standard InChI is InChI=1S/C15H29N3O3/c1-6-18(11-7-8-11)10-9-16-13(21)17-15(4,5)14(2,3)12(19)20/h11H,6-10H2,1-5H3,(H,19,20)(H2,16,17,21). The molecule has 21 heavy (non-hydrogen) atoms. The van der Waals surface area contributed by atoms with Crippen LogP contribution in [-0.2, 0) is 4.79 Å². The van der Waals surface area contributed by atoms with Crippen molar-refractivity contribution in [2.24, 2.45) is 5.41 Å². The highest BCUT2D eigenvalue weighted by Crippen LogP contribution is 2.30. The van der Waals surface area contributed by atoms with Crippen LogP contribution in [0, 0.1) is 5.41 Å². The molecule has 0 atom stereocenters. The molecule has 6 nitrogen and oxygen atoms in total. The number of nitrogens with zero attached hydrogens (tertiary/aromatic N) is 1. The smallest absolute Gasteiger partial charge is 0.315 e. The number of carboxylic acids is 1. The maximum absolute atomic E-state index is 11.9. The summed E-state index contributed by atoms with van der Waals surface area (Å²) in [7, 11) is 0. The maximum Gasteiger partial charge on any atom is 0.315 e. The molecular formula is C15H29N3O3. The highest BCUT2D eigenvalue weighted by atomic mass is 16.4. The minimum Gasteiger partial charge on any atom is -0.481 e. The first-order valence-electron chi connectivity index (χ1n) is 7.65. The second-order valence-electron chi connectivity index (χ2n) is 6.80. The van der Waals surface area contributed by atoms with E-state index in [1.165, 1.54) is 12.8 Å². The third kappa shape index (κ3) is 4.59. The van der Waals surface area contributed by atoms with Crippen molar-refractivity contribution in [1.82, 2.24) is 15.5 Å². The maximum atomic E-state index is 11.9. The first-order chi connectivity index (χ1) is 9.61. The predicted molar refractivity (Wildman–Crippen MR) is 82.3 cm³/mol. The Kier molecular flexibility index (Phi) is 5.61. The Morgan fingerprint density at radius 2 is 1.81 bits per heavy atom. The first kappa shape index (κ1) is 17.8. The monoisotopic (exact) mass is 299 g/mol. The molecule has 0 radical (unpaired) electrons. The van der Waals surface area contributed by atoms with E-state index in [9.17, 15) is 14.7 Å². The summed E-state index contributed by atoms with van der Waals surface area (Å²) < 4.78 is 0. The molecule has 0 unspecified atom stereocenters. The van der Waals surface area contributed by atoms with Gasteiger partial charge in [-0.15, -0.1) is 0 Å². The minimum atomic E-state index is -1.05. The van der Waals surface area contributed by atoms with Crippen LogP contribution >= 0.6 is 0 Å².